The summed E-state index contributed by atoms with van der Waals surface area (Å²) in [7, 11) is 0. The van der Waals surface area contributed by atoms with Gasteiger partial charge in [-0.25, -0.2) is 9.59 Å². The van der Waals surface area contributed by atoms with Crippen LogP contribution in [0.15, 0.2) is 42.5 Å². The Labute approximate surface area is 258 Å². The lowest BCUT2D eigenvalue weighted by Gasteiger charge is -2.26. The SMILES string of the molecule is C=C(C)C(=O)OCCC(=O)C1CCC(C(=O)Oc2ccc(OC(=O)C3CCC(C(=O)COC(=O)C(=C)C)CC3)cc2C)CC1. The van der Waals surface area contributed by atoms with E-state index in [9.17, 15) is 28.8 Å². The molecule has 0 bridgehead atoms. The maximum absolute atomic E-state index is 12.8. The van der Waals surface area contributed by atoms with Crippen molar-refractivity contribution in [1.82, 2.24) is 0 Å². The number of esters is 4. The molecule has 0 heterocycles. The van der Waals surface area contributed by atoms with Gasteiger partial charge in [0.05, 0.1) is 18.4 Å². The lowest BCUT2D eigenvalue weighted by molar-refractivity contribution is -0.146. The van der Waals surface area contributed by atoms with Gasteiger partial charge in [-0.15, -0.1) is 0 Å². The number of carbonyl (C=O) groups is 6. The Hall–Kier alpha value is -4.08. The summed E-state index contributed by atoms with van der Waals surface area (Å²) in [5.41, 5.74) is 1.15. The first-order chi connectivity index (χ1) is 20.8. The summed E-state index contributed by atoms with van der Waals surface area (Å²) in [5, 5.41) is 0. The third-order valence-electron chi connectivity index (χ3n) is 8.23. The van der Waals surface area contributed by atoms with E-state index in [-0.39, 0.29) is 78.0 Å². The van der Waals surface area contributed by atoms with Crippen LogP contribution in [0.25, 0.3) is 0 Å². The fourth-order valence-electron chi connectivity index (χ4n) is 5.44. The highest BCUT2D eigenvalue weighted by atomic mass is 16.5. The Morgan fingerprint density at radius 1 is 0.682 bits per heavy atom. The number of benzene rings is 1. The molecule has 10 nitrogen and oxygen atoms in total. The predicted molar refractivity (Wildman–Crippen MR) is 160 cm³/mol. The first kappa shape index (κ1) is 34.4. The number of aryl methyl sites for hydroxylation is 1. The van der Waals surface area contributed by atoms with Crippen LogP contribution in [0.5, 0.6) is 11.5 Å². The first-order valence-corrected chi connectivity index (χ1v) is 15.1. The van der Waals surface area contributed by atoms with Crippen LogP contribution in [0.3, 0.4) is 0 Å². The zero-order valence-electron chi connectivity index (χ0n) is 25.8. The van der Waals surface area contributed by atoms with Crippen molar-refractivity contribution >= 4 is 35.4 Å². The molecule has 2 aliphatic rings. The van der Waals surface area contributed by atoms with E-state index in [1.54, 1.807) is 32.0 Å². The van der Waals surface area contributed by atoms with Crippen LogP contribution < -0.4 is 9.47 Å². The lowest BCUT2D eigenvalue weighted by atomic mass is 9.79. The molecule has 238 valence electrons. The van der Waals surface area contributed by atoms with Gasteiger partial charge in [0.15, 0.2) is 12.4 Å². The molecule has 10 heteroatoms. The van der Waals surface area contributed by atoms with Crippen LogP contribution >= 0.6 is 0 Å². The minimum absolute atomic E-state index is 0.0234. The first-order valence-electron chi connectivity index (χ1n) is 15.1. The molecule has 0 spiro atoms. The molecule has 0 radical (unpaired) electrons. The molecule has 0 aromatic heterocycles. The monoisotopic (exact) mass is 610 g/mol. The van der Waals surface area contributed by atoms with E-state index in [0.29, 0.717) is 68.4 Å². The molecule has 0 atom stereocenters. The van der Waals surface area contributed by atoms with Crippen LogP contribution in [-0.2, 0) is 38.2 Å². The summed E-state index contributed by atoms with van der Waals surface area (Å²) in [4.78, 5) is 73.5. The largest absolute Gasteiger partial charge is 0.462 e. The number of Topliss-reactive ketones (excluding diaryl/α,β-unsaturated/α-hetero) is 2. The standard InChI is InChI=1S/C34H42O10/c1-20(2)31(37)41-17-16-28(35)23-6-10-26(11-7-23)34(40)44-30-15-14-27(18-22(30)5)43-33(39)25-12-8-24(9-13-25)29(36)19-42-32(38)21(3)4/h14-15,18,23-26H,1,3,6-13,16-17,19H2,2,4-5H3. The minimum Gasteiger partial charge on any atom is -0.462 e. The van der Waals surface area contributed by atoms with Gasteiger partial charge in [-0.3, -0.25) is 19.2 Å². The fourth-order valence-corrected chi connectivity index (χ4v) is 5.44. The van der Waals surface area contributed by atoms with Gasteiger partial charge in [-0.2, -0.15) is 0 Å². The molecule has 0 aliphatic heterocycles. The minimum atomic E-state index is -0.597. The van der Waals surface area contributed by atoms with Crippen LogP contribution in [0.2, 0.25) is 0 Å². The molecule has 0 amide bonds. The van der Waals surface area contributed by atoms with Crippen molar-refractivity contribution in [2.75, 3.05) is 13.2 Å². The van der Waals surface area contributed by atoms with Gasteiger partial charge in [-0.05, 0) is 95.9 Å². The Kier molecular flexibility index (Phi) is 12.6. The van der Waals surface area contributed by atoms with Gasteiger partial charge < -0.3 is 18.9 Å². The normalized spacial score (nSPS) is 21.3. The molecular weight excluding hydrogens is 568 g/mol. The average molecular weight is 611 g/mol. The van der Waals surface area contributed by atoms with Crippen LogP contribution in [0.4, 0.5) is 0 Å². The van der Waals surface area contributed by atoms with Crippen molar-refractivity contribution in [1.29, 1.82) is 0 Å². The van der Waals surface area contributed by atoms with Gasteiger partial charge in [0.2, 0.25) is 0 Å². The van der Waals surface area contributed by atoms with Crippen molar-refractivity contribution in [3.8, 4) is 11.5 Å². The van der Waals surface area contributed by atoms with Gasteiger partial charge >= 0.3 is 23.9 Å². The molecule has 2 saturated carbocycles. The van der Waals surface area contributed by atoms with E-state index in [0.717, 1.165) is 0 Å². The van der Waals surface area contributed by atoms with Gasteiger partial charge in [0.1, 0.15) is 17.3 Å². The van der Waals surface area contributed by atoms with Crippen LogP contribution in [-0.4, -0.2) is 48.7 Å². The van der Waals surface area contributed by atoms with Gasteiger partial charge in [-0.1, -0.05) is 13.2 Å². The quantitative estimate of drug-likeness (QED) is 0.167. The maximum atomic E-state index is 12.8. The van der Waals surface area contributed by atoms with E-state index in [4.69, 9.17) is 18.9 Å². The fraction of sp³-hybridized carbons (Fsp3) is 0.529. The molecule has 3 rings (SSSR count). The zero-order chi connectivity index (χ0) is 32.4. The third kappa shape index (κ3) is 9.99. The van der Waals surface area contributed by atoms with E-state index < -0.39 is 11.9 Å². The molecule has 1 aromatic carbocycles. The zero-order valence-corrected chi connectivity index (χ0v) is 25.8. The lowest BCUT2D eigenvalue weighted by Crippen LogP contribution is -2.30. The Balaban J connectivity index is 1.41. The molecule has 44 heavy (non-hydrogen) atoms. The molecule has 0 unspecified atom stereocenters. The summed E-state index contributed by atoms with van der Waals surface area (Å²) in [6.07, 6.45) is 4.36. The second-order valence-corrected chi connectivity index (χ2v) is 11.8. The number of hydrogen-bond donors (Lipinski definition) is 0. The van der Waals surface area contributed by atoms with Crippen molar-refractivity contribution < 1.29 is 47.7 Å². The van der Waals surface area contributed by atoms with Crippen LogP contribution in [0.1, 0.15) is 77.2 Å². The molecule has 2 fully saturated rings. The molecule has 0 saturated heterocycles. The Morgan fingerprint density at radius 3 is 1.68 bits per heavy atom. The summed E-state index contributed by atoms with van der Waals surface area (Å²) >= 11 is 0. The van der Waals surface area contributed by atoms with Gasteiger partial charge in [0.25, 0.3) is 0 Å². The second kappa shape index (κ2) is 16.1. The van der Waals surface area contributed by atoms with Gasteiger partial charge in [0, 0.05) is 29.4 Å². The second-order valence-electron chi connectivity index (χ2n) is 11.8. The predicted octanol–water partition coefficient (Wildman–Crippen LogP) is 5.19. The van der Waals surface area contributed by atoms with Crippen molar-refractivity contribution in [2.24, 2.45) is 23.7 Å². The summed E-state index contributed by atoms with van der Waals surface area (Å²) in [6.45, 7) is 11.6. The number of rotatable bonds is 13. The summed E-state index contributed by atoms with van der Waals surface area (Å²) in [5.74, 6) is -2.37. The Bertz CT molecular complexity index is 1290. The van der Waals surface area contributed by atoms with E-state index in [1.165, 1.54) is 6.92 Å². The topological polar surface area (TPSA) is 139 Å². The third-order valence-corrected chi connectivity index (χ3v) is 8.23. The highest BCUT2D eigenvalue weighted by molar-refractivity contribution is 5.90. The van der Waals surface area contributed by atoms with Crippen molar-refractivity contribution in [2.45, 2.75) is 78.6 Å². The molecule has 0 N–H and O–H groups in total. The summed E-state index contributed by atoms with van der Waals surface area (Å²) in [6, 6.07) is 4.82. The number of ketones is 2. The highest BCUT2D eigenvalue weighted by Crippen LogP contribution is 2.34. The Morgan fingerprint density at radius 2 is 1.16 bits per heavy atom. The van der Waals surface area contributed by atoms with Crippen LogP contribution in [0, 0.1) is 30.6 Å². The number of hydrogen-bond acceptors (Lipinski definition) is 10. The molecular formula is C34H42O10. The van der Waals surface area contributed by atoms with E-state index >= 15 is 0 Å². The highest BCUT2D eigenvalue weighted by Gasteiger charge is 2.33. The van der Waals surface area contributed by atoms with Crippen molar-refractivity contribution in [3.05, 3.63) is 48.1 Å². The van der Waals surface area contributed by atoms with E-state index in [1.807, 2.05) is 0 Å². The number of carbonyl (C=O) groups excluding carboxylic acids is 6. The molecule has 1 aromatic rings. The summed E-state index contributed by atoms with van der Waals surface area (Å²) < 4.78 is 21.2. The number of ether oxygens (including phenoxy) is 4. The smallest absolute Gasteiger partial charge is 0.333 e. The van der Waals surface area contributed by atoms with Crippen molar-refractivity contribution in [3.63, 3.8) is 0 Å². The average Bonchev–Trinajstić information content (AvgIpc) is 3.00. The molecule has 2 aliphatic carbocycles. The maximum Gasteiger partial charge on any atom is 0.333 e. The van der Waals surface area contributed by atoms with E-state index in [2.05, 4.69) is 13.2 Å².